The number of hydrogen-bond acceptors (Lipinski definition) is 6. The van der Waals surface area contributed by atoms with Crippen LogP contribution in [0.1, 0.15) is 6.92 Å². The van der Waals surface area contributed by atoms with Gasteiger partial charge in [-0.25, -0.2) is 0 Å². The Morgan fingerprint density at radius 1 is 0.900 bits per heavy atom. The minimum absolute atomic E-state index is 0.0489. The molecule has 0 aliphatic heterocycles. The van der Waals surface area contributed by atoms with E-state index in [1.807, 2.05) is 6.92 Å². The van der Waals surface area contributed by atoms with Gasteiger partial charge in [-0.3, -0.25) is 14.9 Å². The first-order valence-corrected chi connectivity index (χ1v) is 9.22. The molecule has 8 heteroatoms. The number of benzene rings is 3. The second kappa shape index (κ2) is 9.92. The minimum Gasteiger partial charge on any atom is -0.494 e. The Hall–Kier alpha value is -4.07. The van der Waals surface area contributed by atoms with Crippen LogP contribution in [-0.4, -0.2) is 24.0 Å². The third-order valence-corrected chi connectivity index (χ3v) is 3.94. The predicted octanol–water partition coefficient (Wildman–Crippen LogP) is 4.80. The van der Waals surface area contributed by atoms with Crippen molar-refractivity contribution >= 4 is 17.3 Å². The molecule has 8 nitrogen and oxygen atoms in total. The first-order chi connectivity index (χ1) is 14.5. The molecule has 0 unspecified atom stereocenters. The summed E-state index contributed by atoms with van der Waals surface area (Å²) in [6, 6.07) is 19.7. The quantitative estimate of drug-likeness (QED) is 0.403. The van der Waals surface area contributed by atoms with Crippen LogP contribution in [0.2, 0.25) is 0 Å². The molecule has 1 amide bonds. The molecule has 0 aliphatic carbocycles. The van der Waals surface area contributed by atoms with Gasteiger partial charge in [-0.1, -0.05) is 12.1 Å². The van der Waals surface area contributed by atoms with E-state index in [9.17, 15) is 14.9 Å². The zero-order valence-electron chi connectivity index (χ0n) is 16.2. The number of carbonyl (C=O) groups excluding carboxylic acids is 1. The number of non-ortho nitro benzene ring substituents is 1. The zero-order chi connectivity index (χ0) is 21.3. The Kier molecular flexibility index (Phi) is 6.83. The molecular weight excluding hydrogens is 388 g/mol. The number of carbonyl (C=O) groups is 1. The van der Waals surface area contributed by atoms with Gasteiger partial charge in [-0.15, -0.1) is 0 Å². The van der Waals surface area contributed by atoms with Gasteiger partial charge < -0.3 is 19.5 Å². The second-order valence-corrected chi connectivity index (χ2v) is 6.09. The van der Waals surface area contributed by atoms with Crippen LogP contribution in [0.4, 0.5) is 11.4 Å². The number of nitrogens with zero attached hydrogens (tertiary/aromatic N) is 1. The summed E-state index contributed by atoms with van der Waals surface area (Å²) >= 11 is 0. The van der Waals surface area contributed by atoms with Crippen LogP contribution < -0.4 is 19.5 Å². The lowest BCUT2D eigenvalue weighted by atomic mass is 10.2. The van der Waals surface area contributed by atoms with Crippen molar-refractivity contribution in [3.8, 4) is 23.0 Å². The summed E-state index contributed by atoms with van der Waals surface area (Å²) in [6.45, 7) is 2.24. The van der Waals surface area contributed by atoms with Crippen molar-refractivity contribution in [2.45, 2.75) is 6.92 Å². The largest absolute Gasteiger partial charge is 0.494 e. The predicted molar refractivity (Wildman–Crippen MR) is 111 cm³/mol. The Bertz CT molecular complexity index is 1000. The van der Waals surface area contributed by atoms with Crippen molar-refractivity contribution in [2.75, 3.05) is 18.5 Å². The molecule has 0 aliphatic rings. The Labute approximate surface area is 173 Å². The van der Waals surface area contributed by atoms with Gasteiger partial charge in [0.25, 0.3) is 11.6 Å². The highest BCUT2D eigenvalue weighted by molar-refractivity contribution is 5.93. The third-order valence-electron chi connectivity index (χ3n) is 3.94. The molecule has 0 heterocycles. The van der Waals surface area contributed by atoms with Crippen molar-refractivity contribution in [1.29, 1.82) is 0 Å². The van der Waals surface area contributed by atoms with Gasteiger partial charge in [0.05, 0.1) is 17.2 Å². The molecule has 0 radical (unpaired) electrons. The van der Waals surface area contributed by atoms with Crippen molar-refractivity contribution in [2.24, 2.45) is 0 Å². The highest BCUT2D eigenvalue weighted by Crippen LogP contribution is 2.30. The second-order valence-electron chi connectivity index (χ2n) is 6.09. The number of ether oxygens (including phenoxy) is 3. The van der Waals surface area contributed by atoms with Crippen LogP contribution in [0.3, 0.4) is 0 Å². The van der Waals surface area contributed by atoms with Crippen LogP contribution in [0.15, 0.2) is 72.8 Å². The SMILES string of the molecule is CCOc1ccc(Oc2ccccc2NC(=O)COc2ccc([N+](=O)[O-])cc2)cc1. The lowest BCUT2D eigenvalue weighted by Crippen LogP contribution is -2.20. The number of nitrogens with one attached hydrogen (secondary N) is 1. The van der Waals surface area contributed by atoms with E-state index in [2.05, 4.69) is 5.32 Å². The van der Waals surface area contributed by atoms with Crippen LogP contribution in [-0.2, 0) is 4.79 Å². The topological polar surface area (TPSA) is 99.9 Å². The van der Waals surface area contributed by atoms with Crippen molar-refractivity contribution in [3.63, 3.8) is 0 Å². The van der Waals surface area contributed by atoms with Crippen molar-refractivity contribution in [3.05, 3.63) is 82.9 Å². The normalized spacial score (nSPS) is 10.2. The molecule has 3 aromatic carbocycles. The van der Waals surface area contributed by atoms with Crippen LogP contribution in [0.5, 0.6) is 23.0 Å². The van der Waals surface area contributed by atoms with Crippen LogP contribution >= 0.6 is 0 Å². The molecule has 0 saturated heterocycles. The monoisotopic (exact) mass is 408 g/mol. The van der Waals surface area contributed by atoms with Crippen LogP contribution in [0, 0.1) is 10.1 Å². The van der Waals surface area contributed by atoms with E-state index in [1.165, 1.54) is 24.3 Å². The molecule has 30 heavy (non-hydrogen) atoms. The van der Waals surface area contributed by atoms with Crippen molar-refractivity contribution < 1.29 is 23.9 Å². The number of rotatable bonds is 9. The number of para-hydroxylation sites is 2. The number of nitro benzene ring substituents is 1. The summed E-state index contributed by atoms with van der Waals surface area (Å²) in [5, 5.41) is 13.4. The van der Waals surface area contributed by atoms with Crippen molar-refractivity contribution in [1.82, 2.24) is 0 Å². The summed E-state index contributed by atoms with van der Waals surface area (Å²) < 4.78 is 16.7. The molecule has 3 rings (SSSR count). The van der Waals surface area contributed by atoms with Crippen LogP contribution in [0.25, 0.3) is 0 Å². The molecule has 3 aromatic rings. The van der Waals surface area contributed by atoms with E-state index >= 15 is 0 Å². The smallest absolute Gasteiger partial charge is 0.269 e. The molecule has 0 fully saturated rings. The maximum Gasteiger partial charge on any atom is 0.269 e. The van der Waals surface area contributed by atoms with E-state index in [0.717, 1.165) is 5.75 Å². The fourth-order valence-corrected chi connectivity index (χ4v) is 2.56. The van der Waals surface area contributed by atoms with Gasteiger partial charge >= 0.3 is 0 Å². The number of nitro groups is 1. The minimum atomic E-state index is -0.502. The maximum atomic E-state index is 12.3. The molecule has 0 saturated carbocycles. The first kappa shape index (κ1) is 20.7. The van der Waals surface area contributed by atoms with E-state index in [4.69, 9.17) is 14.2 Å². The van der Waals surface area contributed by atoms with Gasteiger partial charge in [-0.2, -0.15) is 0 Å². The number of amides is 1. The summed E-state index contributed by atoms with van der Waals surface area (Å²) in [7, 11) is 0. The number of hydrogen-bond donors (Lipinski definition) is 1. The molecule has 0 aromatic heterocycles. The van der Waals surface area contributed by atoms with Gasteiger partial charge in [0.15, 0.2) is 12.4 Å². The average molecular weight is 408 g/mol. The van der Waals surface area contributed by atoms with E-state index in [-0.39, 0.29) is 12.3 Å². The molecule has 0 bridgehead atoms. The summed E-state index contributed by atoms with van der Waals surface area (Å²) in [5.74, 6) is 1.79. The summed E-state index contributed by atoms with van der Waals surface area (Å²) in [5.41, 5.74) is 0.441. The first-order valence-electron chi connectivity index (χ1n) is 9.22. The lowest BCUT2D eigenvalue weighted by molar-refractivity contribution is -0.384. The molecular formula is C22H20N2O6. The third kappa shape index (κ3) is 5.71. The van der Waals surface area contributed by atoms with E-state index in [0.29, 0.717) is 29.5 Å². The summed E-state index contributed by atoms with van der Waals surface area (Å²) in [6.07, 6.45) is 0. The molecule has 154 valence electrons. The standard InChI is InChI=1S/C22H20N2O6/c1-2-28-17-11-13-19(14-12-17)30-21-6-4-3-5-20(21)23-22(25)15-29-18-9-7-16(8-10-18)24(26)27/h3-14H,2,15H2,1H3,(H,23,25). The summed E-state index contributed by atoms with van der Waals surface area (Å²) in [4.78, 5) is 22.4. The fourth-order valence-electron chi connectivity index (χ4n) is 2.56. The fraction of sp³-hybridized carbons (Fsp3) is 0.136. The lowest BCUT2D eigenvalue weighted by Gasteiger charge is -2.13. The zero-order valence-corrected chi connectivity index (χ0v) is 16.2. The molecule has 1 N–H and O–H groups in total. The van der Waals surface area contributed by atoms with Gasteiger partial charge in [0.2, 0.25) is 0 Å². The highest BCUT2D eigenvalue weighted by Gasteiger charge is 2.10. The highest BCUT2D eigenvalue weighted by atomic mass is 16.6. The molecule has 0 atom stereocenters. The maximum absolute atomic E-state index is 12.3. The Morgan fingerprint density at radius 3 is 2.17 bits per heavy atom. The number of anilines is 1. The van der Waals surface area contributed by atoms with E-state index < -0.39 is 10.8 Å². The van der Waals surface area contributed by atoms with Gasteiger partial charge in [0.1, 0.15) is 17.2 Å². The van der Waals surface area contributed by atoms with Gasteiger partial charge in [-0.05, 0) is 55.5 Å². The molecule has 0 spiro atoms. The average Bonchev–Trinajstić information content (AvgIpc) is 2.75. The Morgan fingerprint density at radius 2 is 1.50 bits per heavy atom. The Balaban J connectivity index is 1.59. The van der Waals surface area contributed by atoms with E-state index in [1.54, 1.807) is 48.5 Å². The van der Waals surface area contributed by atoms with Gasteiger partial charge in [0, 0.05) is 12.1 Å².